The maximum absolute atomic E-state index is 12.4. The van der Waals surface area contributed by atoms with Gasteiger partial charge in [0, 0.05) is 22.7 Å². The van der Waals surface area contributed by atoms with Crippen LogP contribution < -0.4 is 14.8 Å². The predicted molar refractivity (Wildman–Crippen MR) is 138 cm³/mol. The van der Waals surface area contributed by atoms with Crippen molar-refractivity contribution in [2.24, 2.45) is 0 Å². The molecule has 34 heavy (non-hydrogen) atoms. The molecule has 0 unspecified atom stereocenters. The van der Waals surface area contributed by atoms with Crippen molar-refractivity contribution in [1.29, 1.82) is 0 Å². The van der Waals surface area contributed by atoms with E-state index < -0.39 is 0 Å². The minimum Gasteiger partial charge on any atom is -0.508 e. The van der Waals surface area contributed by atoms with Gasteiger partial charge in [-0.25, -0.2) is 0 Å². The van der Waals surface area contributed by atoms with Gasteiger partial charge in [-0.2, -0.15) is 0 Å². The van der Waals surface area contributed by atoms with Crippen LogP contribution in [0.4, 0.5) is 5.69 Å². The van der Waals surface area contributed by atoms with Crippen LogP contribution in [0, 0.1) is 20.8 Å². The van der Waals surface area contributed by atoms with Gasteiger partial charge in [0.15, 0.2) is 0 Å². The zero-order chi connectivity index (χ0) is 24.8. The number of carbonyl (C=O) groups excluding carboxylic acids is 1. The number of phenolic OH excluding ortho intramolecular Hbond substituents is 1. The van der Waals surface area contributed by atoms with Crippen molar-refractivity contribution in [3.8, 4) is 23.0 Å². The largest absolute Gasteiger partial charge is 0.508 e. The van der Waals surface area contributed by atoms with Crippen molar-refractivity contribution in [2.45, 2.75) is 53.4 Å². The Morgan fingerprint density at radius 1 is 1.00 bits per heavy atom. The molecule has 0 saturated carbocycles. The average molecular weight is 482 g/mol. The van der Waals surface area contributed by atoms with Crippen molar-refractivity contribution in [2.75, 3.05) is 11.9 Å². The average Bonchev–Trinajstić information content (AvgIpc) is 2.76. The molecule has 6 heteroatoms. The highest BCUT2D eigenvalue weighted by atomic mass is 35.5. The molecule has 1 amide bonds. The topological polar surface area (TPSA) is 67.8 Å². The Morgan fingerprint density at radius 3 is 2.35 bits per heavy atom. The van der Waals surface area contributed by atoms with E-state index in [0.29, 0.717) is 30.2 Å². The number of ether oxygens (including phenoxy) is 2. The van der Waals surface area contributed by atoms with Crippen molar-refractivity contribution in [3.63, 3.8) is 0 Å². The number of halogens is 1. The third-order valence-electron chi connectivity index (χ3n) is 5.53. The molecule has 2 N–H and O–H groups in total. The molecule has 0 spiro atoms. The lowest BCUT2D eigenvalue weighted by atomic mass is 10.0. The van der Waals surface area contributed by atoms with E-state index in [0.717, 1.165) is 39.4 Å². The number of hydrogen-bond donors (Lipinski definition) is 2. The van der Waals surface area contributed by atoms with Gasteiger partial charge in [-0.15, -0.1) is 0 Å². The van der Waals surface area contributed by atoms with E-state index in [9.17, 15) is 9.90 Å². The van der Waals surface area contributed by atoms with E-state index in [4.69, 9.17) is 21.1 Å². The summed E-state index contributed by atoms with van der Waals surface area (Å²) in [6.45, 7) is 10.3. The molecule has 0 aliphatic rings. The van der Waals surface area contributed by atoms with Crippen molar-refractivity contribution in [1.82, 2.24) is 0 Å². The molecular formula is C28H32ClNO4. The zero-order valence-electron chi connectivity index (χ0n) is 20.4. The summed E-state index contributed by atoms with van der Waals surface area (Å²) in [7, 11) is 0. The molecule has 3 rings (SSSR count). The number of carbonyl (C=O) groups is 1. The molecule has 3 aromatic rings. The summed E-state index contributed by atoms with van der Waals surface area (Å²) >= 11 is 5.97. The third-order valence-corrected chi connectivity index (χ3v) is 5.76. The number of phenols is 1. The molecule has 180 valence electrons. The number of aromatic hydroxyl groups is 1. The Bertz CT molecular complexity index is 1150. The van der Waals surface area contributed by atoms with Crippen LogP contribution in [0.25, 0.3) is 0 Å². The summed E-state index contributed by atoms with van der Waals surface area (Å²) in [5, 5.41) is 13.7. The lowest BCUT2D eigenvalue weighted by molar-refractivity contribution is -0.116. The summed E-state index contributed by atoms with van der Waals surface area (Å²) in [4.78, 5) is 12.4. The Balaban J connectivity index is 1.57. The Hall–Kier alpha value is -3.18. The second-order valence-electron chi connectivity index (χ2n) is 8.83. The maximum Gasteiger partial charge on any atom is 0.224 e. The SMILES string of the molecule is Cc1cc(Cl)ccc1OCCCC(=O)Nc1cc(C)c(Oc2ccc(O)c(C(C)C)c2)c(C)c1. The number of benzene rings is 3. The molecule has 0 aliphatic carbocycles. The molecule has 0 atom stereocenters. The first-order valence-electron chi connectivity index (χ1n) is 11.4. The Morgan fingerprint density at radius 2 is 1.71 bits per heavy atom. The van der Waals surface area contributed by atoms with Gasteiger partial charge in [0.1, 0.15) is 23.0 Å². The van der Waals surface area contributed by atoms with E-state index in [-0.39, 0.29) is 17.6 Å². The van der Waals surface area contributed by atoms with Crippen molar-refractivity contribution < 1.29 is 19.4 Å². The van der Waals surface area contributed by atoms with E-state index in [2.05, 4.69) is 5.32 Å². The summed E-state index contributed by atoms with van der Waals surface area (Å²) in [5.41, 5.74) is 4.37. The van der Waals surface area contributed by atoms with Gasteiger partial charge in [-0.05, 0) is 98.3 Å². The van der Waals surface area contributed by atoms with Gasteiger partial charge in [0.2, 0.25) is 5.91 Å². The smallest absolute Gasteiger partial charge is 0.224 e. The standard InChI is InChI=1S/C28H32ClNO4/c1-17(2)24-16-23(9-10-25(24)31)34-28-19(4)14-22(15-20(28)5)30-27(32)7-6-12-33-26-11-8-21(29)13-18(26)3/h8-11,13-17,31H,6-7,12H2,1-5H3,(H,30,32). The van der Waals surface area contributed by atoms with Gasteiger partial charge in [0.25, 0.3) is 0 Å². The maximum atomic E-state index is 12.4. The number of nitrogens with one attached hydrogen (secondary N) is 1. The fourth-order valence-electron chi connectivity index (χ4n) is 3.77. The molecule has 0 aliphatic heterocycles. The first-order chi connectivity index (χ1) is 16.1. The lowest BCUT2D eigenvalue weighted by Gasteiger charge is -2.16. The van der Waals surface area contributed by atoms with Gasteiger partial charge in [0.05, 0.1) is 6.61 Å². The molecule has 0 fully saturated rings. The first-order valence-corrected chi connectivity index (χ1v) is 11.8. The summed E-state index contributed by atoms with van der Waals surface area (Å²) in [6.07, 6.45) is 0.959. The number of rotatable bonds is 9. The van der Waals surface area contributed by atoms with Crippen LogP contribution in [0.2, 0.25) is 5.02 Å². The highest BCUT2D eigenvalue weighted by Crippen LogP contribution is 2.35. The van der Waals surface area contributed by atoms with Crippen LogP contribution in [0.1, 0.15) is 54.9 Å². The second kappa shape index (κ2) is 11.3. The van der Waals surface area contributed by atoms with Crippen LogP contribution >= 0.6 is 11.6 Å². The van der Waals surface area contributed by atoms with Gasteiger partial charge >= 0.3 is 0 Å². The van der Waals surface area contributed by atoms with Gasteiger partial charge < -0.3 is 19.9 Å². The summed E-state index contributed by atoms with van der Waals surface area (Å²) in [6, 6.07) is 14.6. The second-order valence-corrected chi connectivity index (χ2v) is 9.26. The van der Waals surface area contributed by atoms with E-state index in [1.165, 1.54) is 0 Å². The molecule has 0 heterocycles. The highest BCUT2D eigenvalue weighted by Gasteiger charge is 2.13. The minimum atomic E-state index is -0.0657. The van der Waals surface area contributed by atoms with Crippen LogP contribution in [-0.2, 0) is 4.79 Å². The Labute approximate surface area is 206 Å². The molecule has 5 nitrogen and oxygen atoms in total. The molecule has 3 aromatic carbocycles. The van der Waals surface area contributed by atoms with Crippen LogP contribution in [-0.4, -0.2) is 17.6 Å². The van der Waals surface area contributed by atoms with Crippen LogP contribution in [0.3, 0.4) is 0 Å². The fraction of sp³-hybridized carbons (Fsp3) is 0.321. The lowest BCUT2D eigenvalue weighted by Crippen LogP contribution is -2.13. The van der Waals surface area contributed by atoms with E-state index in [1.54, 1.807) is 18.2 Å². The number of aryl methyl sites for hydroxylation is 3. The highest BCUT2D eigenvalue weighted by molar-refractivity contribution is 6.30. The molecular weight excluding hydrogens is 450 g/mol. The van der Waals surface area contributed by atoms with Gasteiger partial charge in [-0.1, -0.05) is 25.4 Å². The molecule has 0 bridgehead atoms. The van der Waals surface area contributed by atoms with Crippen LogP contribution in [0.5, 0.6) is 23.0 Å². The van der Waals surface area contributed by atoms with Gasteiger partial charge in [-0.3, -0.25) is 4.79 Å². The number of anilines is 1. The molecule has 0 aromatic heterocycles. The minimum absolute atomic E-state index is 0.0657. The summed E-state index contributed by atoms with van der Waals surface area (Å²) < 4.78 is 11.9. The normalized spacial score (nSPS) is 10.9. The summed E-state index contributed by atoms with van der Waals surface area (Å²) in [5.74, 6) is 2.57. The Kier molecular flexibility index (Phi) is 8.46. The van der Waals surface area contributed by atoms with E-state index >= 15 is 0 Å². The monoisotopic (exact) mass is 481 g/mol. The van der Waals surface area contributed by atoms with Crippen molar-refractivity contribution in [3.05, 3.63) is 75.8 Å². The van der Waals surface area contributed by atoms with E-state index in [1.807, 2.05) is 65.0 Å². The van der Waals surface area contributed by atoms with Crippen molar-refractivity contribution >= 4 is 23.2 Å². The molecule has 0 radical (unpaired) electrons. The third kappa shape index (κ3) is 6.67. The number of hydrogen-bond acceptors (Lipinski definition) is 4. The molecule has 0 saturated heterocycles. The first kappa shape index (κ1) is 25.4. The quantitative estimate of drug-likeness (QED) is 0.307. The zero-order valence-corrected chi connectivity index (χ0v) is 21.1. The predicted octanol–water partition coefficient (Wildman–Crippen LogP) is 7.68. The number of amides is 1. The van der Waals surface area contributed by atoms with Crippen LogP contribution in [0.15, 0.2) is 48.5 Å². The fourth-order valence-corrected chi connectivity index (χ4v) is 4.00.